The van der Waals surface area contributed by atoms with Gasteiger partial charge in [0.05, 0.1) is 6.07 Å². The molecule has 0 saturated carbocycles. The molecule has 0 saturated heterocycles. The van der Waals surface area contributed by atoms with Gasteiger partial charge in [-0.3, -0.25) is 0 Å². The number of nitriles is 1. The summed E-state index contributed by atoms with van der Waals surface area (Å²) in [5, 5.41) is 9.28. The highest BCUT2D eigenvalue weighted by atomic mass is 35.5. The Balaban J connectivity index is 3.01. The molecule has 1 unspecified atom stereocenters. The molecule has 1 aromatic rings. The van der Waals surface area contributed by atoms with Gasteiger partial charge in [-0.15, -0.1) is 0 Å². The third-order valence-corrected chi connectivity index (χ3v) is 2.94. The van der Waals surface area contributed by atoms with Crippen molar-refractivity contribution in [2.75, 3.05) is 0 Å². The molecule has 16 heavy (non-hydrogen) atoms. The molecule has 0 amide bonds. The van der Waals surface area contributed by atoms with E-state index in [-0.39, 0.29) is 5.02 Å². The standard InChI is InChI=1S/C11H13ClFNOSi/c1-16(2,3)15-11(7-14)8-4-9(12)6-10(13)5-8/h4-6,11H,1-3H3. The van der Waals surface area contributed by atoms with Gasteiger partial charge in [-0.1, -0.05) is 11.6 Å². The minimum Gasteiger partial charge on any atom is -0.399 e. The van der Waals surface area contributed by atoms with Crippen molar-refractivity contribution < 1.29 is 8.82 Å². The zero-order valence-electron chi connectivity index (χ0n) is 9.42. The molecular weight excluding hydrogens is 245 g/mol. The van der Waals surface area contributed by atoms with Gasteiger partial charge in [-0.2, -0.15) is 5.26 Å². The van der Waals surface area contributed by atoms with E-state index >= 15 is 0 Å². The number of hydrogen-bond acceptors (Lipinski definition) is 2. The summed E-state index contributed by atoms with van der Waals surface area (Å²) in [6, 6.07) is 6.05. The van der Waals surface area contributed by atoms with Gasteiger partial charge < -0.3 is 4.43 Å². The van der Waals surface area contributed by atoms with E-state index in [1.807, 2.05) is 25.7 Å². The molecule has 1 atom stereocenters. The van der Waals surface area contributed by atoms with Crippen molar-refractivity contribution in [2.24, 2.45) is 0 Å². The van der Waals surface area contributed by atoms with Gasteiger partial charge in [-0.05, 0) is 43.4 Å². The summed E-state index contributed by atoms with van der Waals surface area (Å²) in [4.78, 5) is 0. The fourth-order valence-corrected chi connectivity index (χ4v) is 2.38. The van der Waals surface area contributed by atoms with E-state index in [0.29, 0.717) is 5.56 Å². The van der Waals surface area contributed by atoms with Crippen LogP contribution in [0.15, 0.2) is 18.2 Å². The maximum Gasteiger partial charge on any atom is 0.186 e. The Hall–Kier alpha value is -0.893. The molecule has 0 fully saturated rings. The van der Waals surface area contributed by atoms with Crippen LogP contribution in [0.5, 0.6) is 0 Å². The summed E-state index contributed by atoms with van der Waals surface area (Å²) in [7, 11) is -1.85. The van der Waals surface area contributed by atoms with E-state index < -0.39 is 20.2 Å². The van der Waals surface area contributed by atoms with Crippen LogP contribution in [0.1, 0.15) is 11.7 Å². The highest BCUT2D eigenvalue weighted by Crippen LogP contribution is 2.25. The number of rotatable bonds is 3. The third-order valence-electron chi connectivity index (χ3n) is 1.78. The predicted molar refractivity (Wildman–Crippen MR) is 64.2 cm³/mol. The number of nitrogens with zero attached hydrogens (tertiary/aromatic N) is 1. The lowest BCUT2D eigenvalue weighted by molar-refractivity contribution is 0.254. The van der Waals surface area contributed by atoms with E-state index in [2.05, 4.69) is 0 Å². The lowest BCUT2D eigenvalue weighted by atomic mass is 10.1. The van der Waals surface area contributed by atoms with Crippen LogP contribution < -0.4 is 0 Å². The summed E-state index contributed by atoms with van der Waals surface area (Å²) in [5.41, 5.74) is 0.468. The second-order valence-corrected chi connectivity index (χ2v) is 9.34. The van der Waals surface area contributed by atoms with Crippen molar-refractivity contribution in [1.29, 1.82) is 5.26 Å². The molecule has 1 aromatic carbocycles. The van der Waals surface area contributed by atoms with Crippen LogP contribution in [0.4, 0.5) is 4.39 Å². The van der Waals surface area contributed by atoms with Gasteiger partial charge in [0.1, 0.15) is 5.82 Å². The fraction of sp³-hybridized carbons (Fsp3) is 0.364. The summed E-state index contributed by atoms with van der Waals surface area (Å²) in [6.45, 7) is 5.91. The molecule has 0 spiro atoms. The fourth-order valence-electron chi connectivity index (χ4n) is 1.25. The van der Waals surface area contributed by atoms with Crippen LogP contribution in [0.3, 0.4) is 0 Å². The molecule has 0 aromatic heterocycles. The lowest BCUT2D eigenvalue weighted by Crippen LogP contribution is -2.27. The Morgan fingerprint density at radius 1 is 1.38 bits per heavy atom. The minimum atomic E-state index is -1.85. The zero-order chi connectivity index (χ0) is 12.3. The number of hydrogen-bond donors (Lipinski definition) is 0. The minimum absolute atomic E-state index is 0.273. The highest BCUT2D eigenvalue weighted by Gasteiger charge is 2.22. The Morgan fingerprint density at radius 2 is 2.00 bits per heavy atom. The second kappa shape index (κ2) is 4.96. The average Bonchev–Trinajstić information content (AvgIpc) is 2.11. The van der Waals surface area contributed by atoms with Gasteiger partial charge >= 0.3 is 0 Å². The second-order valence-electron chi connectivity index (χ2n) is 4.44. The van der Waals surface area contributed by atoms with Crippen LogP contribution in [-0.2, 0) is 4.43 Å². The summed E-state index contributed by atoms with van der Waals surface area (Å²) in [6.07, 6.45) is -0.750. The molecule has 5 heteroatoms. The largest absolute Gasteiger partial charge is 0.399 e. The first-order valence-electron chi connectivity index (χ1n) is 4.85. The maximum absolute atomic E-state index is 13.1. The van der Waals surface area contributed by atoms with E-state index in [4.69, 9.17) is 21.3 Å². The average molecular weight is 258 g/mol. The molecule has 0 aliphatic carbocycles. The lowest BCUT2D eigenvalue weighted by Gasteiger charge is -2.21. The van der Waals surface area contributed by atoms with Crippen molar-refractivity contribution in [1.82, 2.24) is 0 Å². The molecule has 0 N–H and O–H groups in total. The number of halogens is 2. The van der Waals surface area contributed by atoms with Gasteiger partial charge in [0.2, 0.25) is 0 Å². The Kier molecular flexibility index (Phi) is 4.08. The molecule has 2 nitrogen and oxygen atoms in total. The van der Waals surface area contributed by atoms with E-state index in [0.717, 1.165) is 0 Å². The van der Waals surface area contributed by atoms with Crippen LogP contribution in [0.2, 0.25) is 24.7 Å². The molecule has 0 heterocycles. The molecule has 0 aliphatic heterocycles. The smallest absolute Gasteiger partial charge is 0.186 e. The Morgan fingerprint density at radius 3 is 2.44 bits per heavy atom. The topological polar surface area (TPSA) is 33.0 Å². The maximum atomic E-state index is 13.1. The van der Waals surface area contributed by atoms with Crippen LogP contribution in [0.25, 0.3) is 0 Å². The molecule has 0 radical (unpaired) electrons. The first-order chi connectivity index (χ1) is 7.31. The van der Waals surface area contributed by atoms with Crippen molar-refractivity contribution in [3.8, 4) is 6.07 Å². The summed E-state index contributed by atoms with van der Waals surface area (Å²) in [5.74, 6) is -0.457. The molecule has 1 rings (SSSR count). The van der Waals surface area contributed by atoms with Gasteiger partial charge in [0.15, 0.2) is 14.4 Å². The molecular formula is C11H13ClFNOSi. The Bertz CT molecular complexity index is 405. The quantitative estimate of drug-likeness (QED) is 0.770. The molecule has 86 valence electrons. The van der Waals surface area contributed by atoms with E-state index in [9.17, 15) is 4.39 Å². The van der Waals surface area contributed by atoms with E-state index in [1.165, 1.54) is 12.1 Å². The van der Waals surface area contributed by atoms with Crippen LogP contribution >= 0.6 is 11.6 Å². The first kappa shape index (κ1) is 13.2. The molecule has 0 bridgehead atoms. The molecule has 0 aliphatic rings. The third kappa shape index (κ3) is 3.93. The van der Waals surface area contributed by atoms with Crippen molar-refractivity contribution in [2.45, 2.75) is 25.7 Å². The van der Waals surface area contributed by atoms with Crippen molar-refractivity contribution in [3.63, 3.8) is 0 Å². The van der Waals surface area contributed by atoms with Crippen LogP contribution in [0, 0.1) is 17.1 Å². The summed E-state index contributed by atoms with van der Waals surface area (Å²) < 4.78 is 18.8. The van der Waals surface area contributed by atoms with Gasteiger partial charge in [0.25, 0.3) is 0 Å². The zero-order valence-corrected chi connectivity index (χ0v) is 11.2. The van der Waals surface area contributed by atoms with Gasteiger partial charge in [0, 0.05) is 5.02 Å². The van der Waals surface area contributed by atoms with Crippen LogP contribution in [-0.4, -0.2) is 8.32 Å². The van der Waals surface area contributed by atoms with Crippen molar-refractivity contribution >= 4 is 19.9 Å². The van der Waals surface area contributed by atoms with Crippen molar-refractivity contribution in [3.05, 3.63) is 34.6 Å². The monoisotopic (exact) mass is 257 g/mol. The van der Waals surface area contributed by atoms with Gasteiger partial charge in [-0.25, -0.2) is 4.39 Å². The highest BCUT2D eigenvalue weighted by molar-refractivity contribution is 6.69. The van der Waals surface area contributed by atoms with E-state index in [1.54, 1.807) is 6.07 Å². The summed E-state index contributed by atoms with van der Waals surface area (Å²) >= 11 is 5.73. The Labute approximate surface area is 101 Å². The normalized spacial score (nSPS) is 13.2. The predicted octanol–water partition coefficient (Wildman–Crippen LogP) is 3.90. The number of benzene rings is 1. The SMILES string of the molecule is C[Si](C)(C)OC(C#N)c1cc(F)cc(Cl)c1. The first-order valence-corrected chi connectivity index (χ1v) is 8.64.